The number of thioether (sulfide) groups is 1. The van der Waals surface area contributed by atoms with Crippen LogP contribution < -0.4 is 5.73 Å². The molecule has 7 heteroatoms. The maximum atomic E-state index is 12.7. The average molecular weight is 335 g/mol. The average Bonchev–Trinajstić information content (AvgIpc) is 2.47. The maximum Gasteiger partial charge on any atom is 0.244 e. The number of nitrogens with two attached hydrogens (primary N) is 1. The second kappa shape index (κ2) is 6.66. The molecule has 2 N–H and O–H groups in total. The first-order valence-corrected chi connectivity index (χ1v) is 9.46. The number of hydrogen-bond donors (Lipinski definition) is 1. The molecule has 1 aromatic carbocycles. The maximum absolute atomic E-state index is 12.7. The van der Waals surface area contributed by atoms with Crippen molar-refractivity contribution in [3.8, 4) is 0 Å². The van der Waals surface area contributed by atoms with Crippen molar-refractivity contribution in [2.75, 3.05) is 18.8 Å². The second-order valence-corrected chi connectivity index (χ2v) is 8.45. The molecule has 1 aromatic rings. The van der Waals surface area contributed by atoms with Crippen molar-refractivity contribution in [3.63, 3.8) is 0 Å². The SMILES string of the molecule is CCC1CN(S(=O)(=O)c2cc(CN)ccc2Cl)CCS1. The van der Waals surface area contributed by atoms with Crippen molar-refractivity contribution in [2.24, 2.45) is 5.73 Å². The fourth-order valence-corrected chi connectivity index (χ4v) is 5.57. The van der Waals surface area contributed by atoms with E-state index >= 15 is 0 Å². The second-order valence-electron chi connectivity index (χ2n) is 4.73. The van der Waals surface area contributed by atoms with E-state index in [0.29, 0.717) is 24.9 Å². The zero-order chi connectivity index (χ0) is 14.8. The Balaban J connectivity index is 2.34. The molecule has 1 aliphatic rings. The zero-order valence-electron chi connectivity index (χ0n) is 11.4. The molecule has 1 aliphatic heterocycles. The summed E-state index contributed by atoms with van der Waals surface area (Å²) in [4.78, 5) is 0.170. The van der Waals surface area contributed by atoms with E-state index in [1.807, 2.05) is 11.8 Å². The Labute approximate surface area is 129 Å². The lowest BCUT2D eigenvalue weighted by Gasteiger charge is -2.31. The normalized spacial score (nSPS) is 21.1. The molecule has 0 bridgehead atoms. The van der Waals surface area contributed by atoms with Gasteiger partial charge in [0.1, 0.15) is 4.90 Å². The summed E-state index contributed by atoms with van der Waals surface area (Å²) in [6, 6.07) is 4.94. The largest absolute Gasteiger partial charge is 0.326 e. The van der Waals surface area contributed by atoms with E-state index in [4.69, 9.17) is 17.3 Å². The van der Waals surface area contributed by atoms with E-state index in [1.54, 1.807) is 22.5 Å². The minimum absolute atomic E-state index is 0.170. The lowest BCUT2D eigenvalue weighted by atomic mass is 10.2. The summed E-state index contributed by atoms with van der Waals surface area (Å²) in [5.74, 6) is 0.825. The Bertz CT molecular complexity index is 578. The Morgan fingerprint density at radius 2 is 2.25 bits per heavy atom. The van der Waals surface area contributed by atoms with Gasteiger partial charge in [-0.25, -0.2) is 8.42 Å². The summed E-state index contributed by atoms with van der Waals surface area (Å²) in [5, 5.41) is 0.614. The van der Waals surface area contributed by atoms with Crippen LogP contribution in [-0.2, 0) is 16.6 Å². The van der Waals surface area contributed by atoms with Gasteiger partial charge in [-0.15, -0.1) is 0 Å². The van der Waals surface area contributed by atoms with Crippen LogP contribution in [0.4, 0.5) is 0 Å². The molecule has 0 saturated carbocycles. The van der Waals surface area contributed by atoms with E-state index in [-0.39, 0.29) is 9.92 Å². The van der Waals surface area contributed by atoms with E-state index in [0.717, 1.165) is 17.7 Å². The first kappa shape index (κ1) is 16.1. The molecular formula is C13H19ClN2O2S2. The standard InChI is InChI=1S/C13H19ClN2O2S2/c1-2-11-9-16(5-6-19-11)20(17,18)13-7-10(8-15)3-4-12(13)14/h3-4,7,11H,2,5-6,8-9,15H2,1H3. The fraction of sp³-hybridized carbons (Fsp3) is 0.538. The van der Waals surface area contributed by atoms with Gasteiger partial charge >= 0.3 is 0 Å². The number of nitrogens with zero attached hydrogens (tertiary/aromatic N) is 1. The molecule has 1 unspecified atom stereocenters. The molecule has 1 atom stereocenters. The number of sulfonamides is 1. The molecule has 0 radical (unpaired) electrons. The van der Waals surface area contributed by atoms with Crippen LogP contribution in [-0.4, -0.2) is 36.8 Å². The van der Waals surface area contributed by atoms with Crippen LogP contribution >= 0.6 is 23.4 Å². The molecule has 20 heavy (non-hydrogen) atoms. The van der Waals surface area contributed by atoms with Gasteiger partial charge in [-0.3, -0.25) is 0 Å². The van der Waals surface area contributed by atoms with Crippen LogP contribution in [0.5, 0.6) is 0 Å². The van der Waals surface area contributed by atoms with Gasteiger partial charge in [0.05, 0.1) is 5.02 Å². The monoisotopic (exact) mass is 334 g/mol. The quantitative estimate of drug-likeness (QED) is 0.917. The molecule has 0 spiro atoms. The van der Waals surface area contributed by atoms with E-state index in [1.165, 1.54) is 0 Å². The van der Waals surface area contributed by atoms with Crippen molar-refractivity contribution in [1.82, 2.24) is 4.31 Å². The highest BCUT2D eigenvalue weighted by Gasteiger charge is 2.31. The van der Waals surface area contributed by atoms with Gasteiger partial charge in [0.25, 0.3) is 0 Å². The lowest BCUT2D eigenvalue weighted by Crippen LogP contribution is -2.41. The number of halogens is 1. The Kier molecular flexibility index (Phi) is 5.36. The predicted molar refractivity (Wildman–Crippen MR) is 84.6 cm³/mol. The Hall–Kier alpha value is -0.270. The van der Waals surface area contributed by atoms with Crippen molar-refractivity contribution in [2.45, 2.75) is 30.0 Å². The fourth-order valence-electron chi connectivity index (χ4n) is 2.17. The van der Waals surface area contributed by atoms with E-state index in [9.17, 15) is 8.42 Å². The summed E-state index contributed by atoms with van der Waals surface area (Å²) in [5.41, 5.74) is 6.35. The van der Waals surface area contributed by atoms with Crippen LogP contribution in [0.25, 0.3) is 0 Å². The molecule has 0 aliphatic carbocycles. The highest BCUT2D eigenvalue weighted by atomic mass is 35.5. The van der Waals surface area contributed by atoms with Crippen molar-refractivity contribution < 1.29 is 8.42 Å². The van der Waals surface area contributed by atoms with Gasteiger partial charge in [0.2, 0.25) is 10.0 Å². The van der Waals surface area contributed by atoms with Crippen LogP contribution in [0.15, 0.2) is 23.1 Å². The van der Waals surface area contributed by atoms with Gasteiger partial charge < -0.3 is 5.73 Å². The first-order chi connectivity index (χ1) is 9.48. The van der Waals surface area contributed by atoms with Gasteiger partial charge in [-0.05, 0) is 24.1 Å². The minimum Gasteiger partial charge on any atom is -0.326 e. The number of hydrogen-bond acceptors (Lipinski definition) is 4. The van der Waals surface area contributed by atoms with Crippen molar-refractivity contribution in [3.05, 3.63) is 28.8 Å². The van der Waals surface area contributed by atoms with E-state index < -0.39 is 10.0 Å². The van der Waals surface area contributed by atoms with Gasteiger partial charge in [0, 0.05) is 30.6 Å². The molecule has 0 aromatic heterocycles. The van der Waals surface area contributed by atoms with E-state index in [2.05, 4.69) is 6.92 Å². The predicted octanol–water partition coefficient (Wildman–Crippen LogP) is 2.31. The molecule has 0 amide bonds. The molecule has 112 valence electrons. The molecular weight excluding hydrogens is 316 g/mol. The molecule has 2 rings (SSSR count). The Morgan fingerprint density at radius 3 is 2.90 bits per heavy atom. The van der Waals surface area contributed by atoms with Crippen molar-refractivity contribution in [1.29, 1.82) is 0 Å². The topological polar surface area (TPSA) is 63.4 Å². The van der Waals surface area contributed by atoms with Crippen LogP contribution in [0, 0.1) is 0 Å². The van der Waals surface area contributed by atoms with Crippen LogP contribution in [0.1, 0.15) is 18.9 Å². The third-order valence-corrected chi connectivity index (χ3v) is 7.12. The third kappa shape index (κ3) is 3.31. The molecule has 4 nitrogen and oxygen atoms in total. The zero-order valence-corrected chi connectivity index (χ0v) is 13.8. The lowest BCUT2D eigenvalue weighted by molar-refractivity contribution is 0.416. The Morgan fingerprint density at radius 1 is 1.50 bits per heavy atom. The first-order valence-electron chi connectivity index (χ1n) is 6.59. The number of rotatable bonds is 4. The van der Waals surface area contributed by atoms with Gasteiger partial charge in [0.15, 0.2) is 0 Å². The molecule has 1 saturated heterocycles. The summed E-state index contributed by atoms with van der Waals surface area (Å²) in [6.07, 6.45) is 0.966. The smallest absolute Gasteiger partial charge is 0.244 e. The molecule has 1 heterocycles. The van der Waals surface area contributed by atoms with Gasteiger partial charge in [-0.1, -0.05) is 24.6 Å². The minimum atomic E-state index is -3.54. The van der Waals surface area contributed by atoms with Gasteiger partial charge in [-0.2, -0.15) is 16.1 Å². The van der Waals surface area contributed by atoms with Crippen molar-refractivity contribution >= 4 is 33.4 Å². The van der Waals surface area contributed by atoms with Crippen LogP contribution in [0.2, 0.25) is 5.02 Å². The summed E-state index contributed by atoms with van der Waals surface area (Å²) < 4.78 is 27.0. The third-order valence-electron chi connectivity index (χ3n) is 3.41. The summed E-state index contributed by atoms with van der Waals surface area (Å²) in [6.45, 7) is 3.46. The molecule has 1 fully saturated rings. The summed E-state index contributed by atoms with van der Waals surface area (Å²) >= 11 is 7.91. The number of benzene rings is 1. The van der Waals surface area contributed by atoms with Crippen LogP contribution in [0.3, 0.4) is 0 Å². The summed E-state index contributed by atoms with van der Waals surface area (Å²) in [7, 11) is -3.54. The highest BCUT2D eigenvalue weighted by Crippen LogP contribution is 2.30. The highest BCUT2D eigenvalue weighted by molar-refractivity contribution is 8.00.